The van der Waals surface area contributed by atoms with Crippen LogP contribution < -0.4 is 4.90 Å². The average molecular weight is 737 g/mol. The average Bonchev–Trinajstić information content (AvgIpc) is 3.87. The molecule has 0 aliphatic heterocycles. The Hall–Kier alpha value is -6.62. The monoisotopic (exact) mass is 736 g/mol. The van der Waals surface area contributed by atoms with Crippen molar-refractivity contribution in [2.75, 3.05) is 4.90 Å². The molecule has 56 heavy (non-hydrogen) atoms. The van der Waals surface area contributed by atoms with Gasteiger partial charge in [0.05, 0.1) is 10.6 Å². The first kappa shape index (κ1) is 31.7. The summed E-state index contributed by atoms with van der Waals surface area (Å²) in [6.07, 6.45) is 0. The van der Waals surface area contributed by atoms with Crippen LogP contribution in [0.5, 0.6) is 0 Å². The van der Waals surface area contributed by atoms with E-state index in [0.717, 1.165) is 44.5 Å². The molecule has 12 rings (SSSR count). The second-order valence-corrected chi connectivity index (χ2v) is 16.7. The molecule has 1 aromatic heterocycles. The number of nitrogens with zero attached hydrogens (tertiary/aromatic N) is 2. The lowest BCUT2D eigenvalue weighted by Crippen LogP contribution is -2.16. The highest BCUT2D eigenvalue weighted by atomic mass is 32.1. The van der Waals surface area contributed by atoms with Crippen LogP contribution >= 0.6 is 11.3 Å². The number of rotatable bonds is 5. The van der Waals surface area contributed by atoms with Gasteiger partial charge in [-0.3, -0.25) is 0 Å². The fraction of sp³-hybridized carbons (Fsp3) is 0.0577. The molecule has 2 aliphatic carbocycles. The Labute approximate surface area is 328 Å². The maximum atomic E-state index is 13.7. The van der Waals surface area contributed by atoms with Crippen LogP contribution in [0.2, 0.25) is 0 Å². The predicted molar refractivity (Wildman–Crippen MR) is 233 cm³/mol. The van der Waals surface area contributed by atoms with Crippen molar-refractivity contribution in [2.24, 2.45) is 0 Å². The first-order valence-electron chi connectivity index (χ1n) is 19.1. The molecule has 0 radical (unpaired) electrons. The van der Waals surface area contributed by atoms with Gasteiger partial charge < -0.3 is 4.90 Å². The zero-order valence-corrected chi connectivity index (χ0v) is 31.6. The molecular weight excluding hydrogens is 704 g/mol. The quantitative estimate of drug-likeness (QED) is 0.164. The maximum Gasteiger partial charge on any atom is 0.124 e. The standard InChI is InChI=1S/C52H33FN2S/c1-52(2)44-9-4-3-8-40(44)41-27-25-39(29-45(41)52)55(37-21-14-31(15-22-37)30-12-19-36(53)20-13-30)38-23-16-34(17-24-38)51-54-49-42-26-18-33-11-10-32-6-5-7-35-28-43(50(49)56-51)48(42)47(33)46(32)35/h3-29H,1-2H3. The lowest BCUT2D eigenvalue weighted by Gasteiger charge is -2.28. The summed E-state index contributed by atoms with van der Waals surface area (Å²) >= 11 is 1.79. The van der Waals surface area contributed by atoms with Crippen molar-refractivity contribution < 1.29 is 4.39 Å². The van der Waals surface area contributed by atoms with Gasteiger partial charge in [-0.25, -0.2) is 9.37 Å². The minimum Gasteiger partial charge on any atom is -0.310 e. The van der Waals surface area contributed by atoms with E-state index in [1.807, 2.05) is 12.1 Å². The van der Waals surface area contributed by atoms with Gasteiger partial charge in [0.15, 0.2) is 0 Å². The summed E-state index contributed by atoms with van der Waals surface area (Å²) in [5.74, 6) is -0.231. The van der Waals surface area contributed by atoms with Crippen LogP contribution in [0.25, 0.3) is 86.8 Å². The van der Waals surface area contributed by atoms with E-state index in [4.69, 9.17) is 4.98 Å². The van der Waals surface area contributed by atoms with Gasteiger partial charge in [-0.2, -0.15) is 0 Å². The summed E-state index contributed by atoms with van der Waals surface area (Å²) in [4.78, 5) is 8.93. The molecule has 0 fully saturated rings. The first-order chi connectivity index (χ1) is 27.4. The minimum absolute atomic E-state index is 0.123. The Morgan fingerprint density at radius 1 is 0.482 bits per heavy atom. The molecule has 264 valence electrons. The molecule has 9 aromatic carbocycles. The molecule has 2 aliphatic rings. The smallest absolute Gasteiger partial charge is 0.124 e. The molecule has 0 spiro atoms. The van der Waals surface area contributed by atoms with Gasteiger partial charge in [-0.15, -0.1) is 11.3 Å². The van der Waals surface area contributed by atoms with Gasteiger partial charge >= 0.3 is 0 Å². The third-order valence-electron chi connectivity index (χ3n) is 12.3. The fourth-order valence-electron chi connectivity index (χ4n) is 9.51. The lowest BCUT2D eigenvalue weighted by atomic mass is 9.82. The molecule has 0 atom stereocenters. The number of anilines is 3. The molecule has 2 nitrogen and oxygen atoms in total. The van der Waals surface area contributed by atoms with Crippen molar-refractivity contribution in [3.8, 4) is 54.5 Å². The normalized spacial score (nSPS) is 13.4. The van der Waals surface area contributed by atoms with Crippen molar-refractivity contribution in [2.45, 2.75) is 19.3 Å². The molecule has 0 bridgehead atoms. The van der Waals surface area contributed by atoms with Gasteiger partial charge in [0, 0.05) is 44.6 Å². The van der Waals surface area contributed by atoms with Gasteiger partial charge in [0.25, 0.3) is 0 Å². The summed E-state index contributed by atoms with van der Waals surface area (Å²) < 4.78 is 13.7. The molecule has 0 amide bonds. The minimum atomic E-state index is -0.231. The molecule has 1 heterocycles. The predicted octanol–water partition coefficient (Wildman–Crippen LogP) is 14.9. The van der Waals surface area contributed by atoms with E-state index in [0.29, 0.717) is 0 Å². The van der Waals surface area contributed by atoms with Crippen LogP contribution in [0.4, 0.5) is 21.5 Å². The number of aromatic nitrogens is 1. The first-order valence-corrected chi connectivity index (χ1v) is 20.0. The zero-order valence-electron chi connectivity index (χ0n) is 30.8. The third-order valence-corrected chi connectivity index (χ3v) is 13.4. The number of hydrogen-bond acceptors (Lipinski definition) is 3. The molecule has 0 unspecified atom stereocenters. The lowest BCUT2D eigenvalue weighted by molar-refractivity contribution is 0.628. The zero-order chi connectivity index (χ0) is 37.3. The van der Waals surface area contributed by atoms with E-state index in [2.05, 4.69) is 158 Å². The van der Waals surface area contributed by atoms with Crippen molar-refractivity contribution in [1.29, 1.82) is 0 Å². The topological polar surface area (TPSA) is 16.1 Å². The van der Waals surface area contributed by atoms with Crippen LogP contribution in [-0.4, -0.2) is 4.98 Å². The Morgan fingerprint density at radius 3 is 1.86 bits per heavy atom. The summed E-state index contributed by atoms with van der Waals surface area (Å²) in [7, 11) is 0. The number of halogens is 1. The summed E-state index contributed by atoms with van der Waals surface area (Å²) in [6.45, 7) is 4.65. The molecular formula is C52H33FN2S. The van der Waals surface area contributed by atoms with Gasteiger partial charge in [0.1, 0.15) is 10.8 Å². The molecule has 4 heteroatoms. The van der Waals surface area contributed by atoms with Crippen LogP contribution in [0.15, 0.2) is 164 Å². The maximum absolute atomic E-state index is 13.7. The SMILES string of the molecule is CC1(C)c2ccccc2-c2ccc(N(c3ccc(-c4ccc(F)cc4)cc3)c3ccc(-c4nc5c(s4)-c4cc6cccc7ccc8ccc-5c4c8c76)cc3)cc21. The molecule has 0 saturated carbocycles. The van der Waals surface area contributed by atoms with Crippen LogP contribution in [0.1, 0.15) is 25.0 Å². The number of hydrogen-bond donors (Lipinski definition) is 0. The molecule has 0 N–H and O–H groups in total. The van der Waals surface area contributed by atoms with Crippen molar-refractivity contribution in [3.05, 3.63) is 181 Å². The Morgan fingerprint density at radius 2 is 1.09 bits per heavy atom. The summed E-state index contributed by atoms with van der Waals surface area (Å²) in [6, 6.07) is 57.8. The van der Waals surface area contributed by atoms with Crippen LogP contribution in [-0.2, 0) is 5.41 Å². The van der Waals surface area contributed by atoms with E-state index < -0.39 is 0 Å². The molecule has 10 aromatic rings. The summed E-state index contributed by atoms with van der Waals surface area (Å²) in [5, 5.41) is 8.92. The second kappa shape index (κ2) is 11.5. The largest absolute Gasteiger partial charge is 0.310 e. The third kappa shape index (κ3) is 4.45. The number of fused-ring (bicyclic) bond motifs is 6. The van der Waals surface area contributed by atoms with Crippen LogP contribution in [0.3, 0.4) is 0 Å². The van der Waals surface area contributed by atoms with Crippen molar-refractivity contribution >= 4 is 60.7 Å². The highest BCUT2D eigenvalue weighted by Crippen LogP contribution is 2.55. The van der Waals surface area contributed by atoms with E-state index in [-0.39, 0.29) is 11.2 Å². The fourth-order valence-corrected chi connectivity index (χ4v) is 10.6. The van der Waals surface area contributed by atoms with Crippen LogP contribution in [0, 0.1) is 5.82 Å². The highest BCUT2D eigenvalue weighted by Gasteiger charge is 2.36. The highest BCUT2D eigenvalue weighted by molar-refractivity contribution is 7.19. The van der Waals surface area contributed by atoms with E-state index in [1.165, 1.54) is 82.7 Å². The Kier molecular flexibility index (Phi) is 6.48. The van der Waals surface area contributed by atoms with Gasteiger partial charge in [-0.05, 0) is 127 Å². The van der Waals surface area contributed by atoms with Gasteiger partial charge in [-0.1, -0.05) is 111 Å². The summed E-state index contributed by atoms with van der Waals surface area (Å²) in [5.41, 5.74) is 15.1. The van der Waals surface area contributed by atoms with Gasteiger partial charge in [0.2, 0.25) is 0 Å². The molecule has 0 saturated heterocycles. The van der Waals surface area contributed by atoms with Crippen molar-refractivity contribution in [1.82, 2.24) is 4.98 Å². The number of thiazole rings is 1. The number of benzene rings is 9. The van der Waals surface area contributed by atoms with E-state index in [1.54, 1.807) is 11.3 Å². The Balaban J connectivity index is 0.952. The second-order valence-electron chi connectivity index (χ2n) is 15.7. The van der Waals surface area contributed by atoms with E-state index >= 15 is 0 Å². The van der Waals surface area contributed by atoms with Crippen molar-refractivity contribution in [3.63, 3.8) is 0 Å². The van der Waals surface area contributed by atoms with E-state index in [9.17, 15) is 4.39 Å². The Bertz CT molecular complexity index is 3210.